The molecule has 0 heterocycles. The van der Waals surface area contributed by atoms with Crippen LogP contribution in [0.25, 0.3) is 0 Å². The van der Waals surface area contributed by atoms with Crippen molar-refractivity contribution in [2.75, 3.05) is 7.11 Å². The zero-order valence-electron chi connectivity index (χ0n) is 58.4. The number of amides is 4. The van der Waals surface area contributed by atoms with Crippen molar-refractivity contribution in [3.8, 4) is 12.1 Å². The number of hydrogen-bond donors (Lipinski definition) is 8. The molecule has 23 heteroatoms. The van der Waals surface area contributed by atoms with Crippen molar-refractivity contribution in [3.05, 3.63) is 0 Å². The average Bonchev–Trinajstić information content (AvgIpc) is 3.30. The largest absolute Gasteiger partial charge is 0.481 e. The van der Waals surface area contributed by atoms with Crippen LogP contribution >= 0.6 is 0 Å². The molecule has 492 valence electrons. The molecule has 0 aromatic rings. The SMILES string of the molecule is CC(=O)C(C)(C)C(C)(C)C(=O)NC(C)(C)C#N.CC(=O)C(C)(C)C(C)(C)C(=O)NC(C)(C)C(N)=O.CC(=O)C(C)(C)C(C)(C)C(=O)O.CC(=O)C(C)(C)C(C)(C)C(=O)O.CC(C)(N)C#N.CC(C)(N)C(N)=O.COC(=O)C(C)(C)C(C)(C)C(C)=O. The number of nitrogens with zero attached hydrogens (tertiary/aromatic N) is 2. The van der Waals surface area contributed by atoms with Gasteiger partial charge in [-0.3, -0.25) is 57.5 Å². The summed E-state index contributed by atoms with van der Waals surface area (Å²) in [6.45, 7) is 53.6. The topological polar surface area (TPSA) is 430 Å². The molecule has 0 aliphatic rings. The number of nitriles is 2. The minimum absolute atomic E-state index is 0.0112. The normalized spacial score (nSPS) is 12.5. The minimum atomic E-state index is -1.14. The predicted molar refractivity (Wildman–Crippen MR) is 329 cm³/mol. The molecule has 0 saturated heterocycles. The number of rotatable bonds is 19. The maximum Gasteiger partial charge on any atom is 0.312 e. The van der Waals surface area contributed by atoms with Gasteiger partial charge in [-0.25, -0.2) is 0 Å². The molecule has 12 N–H and O–H groups in total. The fourth-order valence-electron chi connectivity index (χ4n) is 4.78. The number of ether oxygens (including phenoxy) is 1. The number of nitrogens with two attached hydrogens (primary N) is 4. The van der Waals surface area contributed by atoms with Crippen LogP contribution in [-0.4, -0.2) is 110 Å². The lowest BCUT2D eigenvalue weighted by Crippen LogP contribution is -2.59. The number of methoxy groups -OCH3 is 1. The van der Waals surface area contributed by atoms with E-state index in [1.807, 2.05) is 12.1 Å². The Balaban J connectivity index is -0.000000171. The molecular formula is C62H114N8O15. The molecule has 0 unspecified atom stereocenters. The monoisotopic (exact) mass is 1210 g/mol. The van der Waals surface area contributed by atoms with Gasteiger partial charge >= 0.3 is 17.9 Å². The highest BCUT2D eigenvalue weighted by molar-refractivity contribution is 5.96. The average molecular weight is 1210 g/mol. The third kappa shape index (κ3) is 26.8. The van der Waals surface area contributed by atoms with Crippen LogP contribution in [0.15, 0.2) is 0 Å². The standard InChI is InChI=1S/C13H24N2O3.C13H22N2O2.C10H18O3.2C9H16O3.C4H10N2O.C4H8N2/c1-8(16)11(2,3)12(4,5)10(18)15-13(6,7)9(14)17;1-9(16)12(4,5)13(6,7)10(17)15-11(2,3)8-14;1-7(11)9(2,3)10(4,5)8(12)13-6;2*1-6(10)8(2,3)9(4,5)7(11)12;1-4(2,6)3(5)7;1-4(2,6)3-5/h1-7H3,(H2,14,17)(H,15,18);1-7H3,(H,15,17);1-6H3;2*1-5H3,(H,11,12);6H2,1-2H3,(H2,5,7);6H2,1-2H3. The first-order valence-corrected chi connectivity index (χ1v) is 27.4. The van der Waals surface area contributed by atoms with Gasteiger partial charge in [0.15, 0.2) is 0 Å². The second-order valence-corrected chi connectivity index (χ2v) is 28.7. The van der Waals surface area contributed by atoms with E-state index in [9.17, 15) is 57.5 Å². The molecule has 0 rings (SSSR count). The quantitative estimate of drug-likeness (QED) is 0.0573. The molecule has 0 fully saturated rings. The zero-order chi connectivity index (χ0) is 71.5. The van der Waals surface area contributed by atoms with Gasteiger partial charge in [-0.15, -0.1) is 0 Å². The van der Waals surface area contributed by atoms with Crippen molar-refractivity contribution in [2.45, 2.75) is 251 Å². The Hall–Kier alpha value is -6.46. The number of hydrogen-bond acceptors (Lipinski definition) is 17. The number of carboxylic acids is 2. The summed E-state index contributed by atoms with van der Waals surface area (Å²) in [7, 11) is 1.33. The number of aliphatic carboxylic acids is 2. The van der Waals surface area contributed by atoms with E-state index in [0.29, 0.717) is 0 Å². The molecule has 23 nitrogen and oxygen atoms in total. The third-order valence-electron chi connectivity index (χ3n) is 17.8. The van der Waals surface area contributed by atoms with Gasteiger partial charge < -0.3 is 48.5 Å². The Morgan fingerprint density at radius 3 is 0.706 bits per heavy atom. The third-order valence-corrected chi connectivity index (χ3v) is 17.8. The lowest BCUT2D eigenvalue weighted by molar-refractivity contribution is -0.161. The fraction of sp³-hybridized carbons (Fsp3) is 0.774. The van der Waals surface area contributed by atoms with Crippen LogP contribution in [0, 0.1) is 76.8 Å². The first-order chi connectivity index (χ1) is 36.6. The van der Waals surface area contributed by atoms with E-state index in [-0.39, 0.29) is 46.7 Å². The number of primary amides is 2. The summed E-state index contributed by atoms with van der Waals surface area (Å²) >= 11 is 0. The Bertz CT molecular complexity index is 2400. The smallest absolute Gasteiger partial charge is 0.312 e. The summed E-state index contributed by atoms with van der Waals surface area (Å²) in [5.41, 5.74) is 8.25. The second kappa shape index (κ2) is 32.3. The lowest BCUT2D eigenvalue weighted by atomic mass is 9.65. The molecule has 0 radical (unpaired) electrons. The van der Waals surface area contributed by atoms with E-state index in [1.165, 1.54) is 55.6 Å². The maximum absolute atomic E-state index is 12.3. The van der Waals surface area contributed by atoms with Gasteiger partial charge in [0, 0.05) is 27.1 Å². The van der Waals surface area contributed by atoms with Gasteiger partial charge in [-0.05, 0) is 132 Å². The van der Waals surface area contributed by atoms with Gasteiger partial charge in [0.2, 0.25) is 23.6 Å². The Kier molecular flexibility index (Phi) is 35.1. The van der Waals surface area contributed by atoms with Crippen molar-refractivity contribution in [3.63, 3.8) is 0 Å². The lowest BCUT2D eigenvalue weighted by Gasteiger charge is -2.40. The van der Waals surface area contributed by atoms with E-state index in [0.717, 1.165) is 0 Å². The molecule has 0 aliphatic heterocycles. The van der Waals surface area contributed by atoms with Crippen LogP contribution in [0.4, 0.5) is 0 Å². The second-order valence-electron chi connectivity index (χ2n) is 28.7. The molecule has 85 heavy (non-hydrogen) atoms. The van der Waals surface area contributed by atoms with E-state index in [4.69, 9.17) is 43.7 Å². The Labute approximate surface area is 509 Å². The van der Waals surface area contributed by atoms with Crippen molar-refractivity contribution >= 4 is 70.5 Å². The molecule has 0 spiro atoms. The number of nitrogens with one attached hydrogen (secondary N) is 2. The highest BCUT2D eigenvalue weighted by Crippen LogP contribution is 2.43. The highest BCUT2D eigenvalue weighted by atomic mass is 16.5. The number of carboxylic acid groups (broad SMARTS) is 2. The Morgan fingerprint density at radius 2 is 0.565 bits per heavy atom. The predicted octanol–water partition coefficient (Wildman–Crippen LogP) is 7.74. The first-order valence-electron chi connectivity index (χ1n) is 27.4. The van der Waals surface area contributed by atoms with Gasteiger partial charge in [0.1, 0.15) is 40.0 Å². The Morgan fingerprint density at radius 1 is 0.365 bits per heavy atom. The maximum atomic E-state index is 12.3. The van der Waals surface area contributed by atoms with Crippen molar-refractivity contribution in [1.29, 1.82) is 10.5 Å². The fourth-order valence-corrected chi connectivity index (χ4v) is 4.78. The molecule has 0 saturated carbocycles. The van der Waals surface area contributed by atoms with Gasteiger partial charge in [0.25, 0.3) is 0 Å². The summed E-state index contributed by atoms with van der Waals surface area (Å²) in [4.78, 5) is 136. The molecule has 4 amide bonds. The number of esters is 1. The number of carbonyl (C=O) groups is 12. The number of Topliss-reactive ketones (excluding diaryl/α,β-unsaturated/α-hetero) is 5. The molecule has 0 aliphatic carbocycles. The van der Waals surface area contributed by atoms with Crippen LogP contribution in [0.5, 0.6) is 0 Å². The summed E-state index contributed by atoms with van der Waals surface area (Å²) in [5.74, 6) is -4.34. The van der Waals surface area contributed by atoms with Gasteiger partial charge in [0.05, 0.1) is 57.4 Å². The summed E-state index contributed by atoms with van der Waals surface area (Å²) < 4.78 is 4.66. The summed E-state index contributed by atoms with van der Waals surface area (Å²) in [6, 6.07) is 3.89. The van der Waals surface area contributed by atoms with Gasteiger partial charge in [-0.1, -0.05) is 96.9 Å². The molecular weight excluding hydrogens is 1100 g/mol. The van der Waals surface area contributed by atoms with E-state index in [2.05, 4.69) is 15.4 Å². The van der Waals surface area contributed by atoms with Crippen LogP contribution in [0.1, 0.15) is 228 Å². The number of carbonyl (C=O) groups excluding carboxylic acids is 10. The number of ketones is 5. The van der Waals surface area contributed by atoms with E-state index < -0.39 is 100 Å². The molecule has 0 atom stereocenters. The van der Waals surface area contributed by atoms with Crippen LogP contribution in [0.2, 0.25) is 0 Å². The molecule has 0 aromatic carbocycles. The minimum Gasteiger partial charge on any atom is -0.481 e. The molecule has 0 bridgehead atoms. The van der Waals surface area contributed by atoms with Crippen LogP contribution in [0.3, 0.4) is 0 Å². The zero-order valence-corrected chi connectivity index (χ0v) is 58.4. The first kappa shape index (κ1) is 92.3. The van der Waals surface area contributed by atoms with E-state index >= 15 is 0 Å². The summed E-state index contributed by atoms with van der Waals surface area (Å²) in [6.07, 6.45) is 0. The van der Waals surface area contributed by atoms with Crippen molar-refractivity contribution < 1.29 is 72.5 Å². The summed E-state index contributed by atoms with van der Waals surface area (Å²) in [5, 5.41) is 39.9. The van der Waals surface area contributed by atoms with Crippen molar-refractivity contribution in [1.82, 2.24) is 10.6 Å². The van der Waals surface area contributed by atoms with Gasteiger partial charge in [-0.2, -0.15) is 10.5 Å². The highest BCUT2D eigenvalue weighted by Gasteiger charge is 2.51. The van der Waals surface area contributed by atoms with Crippen LogP contribution < -0.4 is 33.6 Å². The molecule has 0 aromatic heterocycles. The van der Waals surface area contributed by atoms with Crippen molar-refractivity contribution in [2.24, 2.45) is 77.1 Å². The van der Waals surface area contributed by atoms with Crippen LogP contribution in [-0.2, 0) is 62.3 Å². The van der Waals surface area contributed by atoms with E-state index in [1.54, 1.807) is 180 Å².